The molecule has 10 aromatic rings. The van der Waals surface area contributed by atoms with Crippen LogP contribution >= 0.6 is 0 Å². The van der Waals surface area contributed by atoms with Crippen molar-refractivity contribution in [1.82, 2.24) is 4.57 Å². The van der Waals surface area contributed by atoms with Crippen molar-refractivity contribution in [3.63, 3.8) is 0 Å². The Morgan fingerprint density at radius 3 is 1.14 bits per heavy atom. The summed E-state index contributed by atoms with van der Waals surface area (Å²) in [6.45, 7) is 7.16. The smallest absolute Gasteiger partial charge is 0.0555 e. The van der Waals surface area contributed by atoms with Crippen molar-refractivity contribution < 1.29 is 0 Å². The van der Waals surface area contributed by atoms with Crippen LogP contribution in [0.4, 0.5) is 34.1 Å². The van der Waals surface area contributed by atoms with Gasteiger partial charge in [-0.15, -0.1) is 0 Å². The number of hydrogen-bond donors (Lipinski definition) is 0. The lowest BCUT2D eigenvalue weighted by molar-refractivity contribution is 0.442. The molecule has 0 amide bonds. The second-order valence-electron chi connectivity index (χ2n) is 20.1. The molecule has 0 bridgehead atoms. The van der Waals surface area contributed by atoms with Gasteiger partial charge in [-0.25, -0.2) is 0 Å². The summed E-state index contributed by atoms with van der Waals surface area (Å²) >= 11 is 0. The fourth-order valence-corrected chi connectivity index (χ4v) is 11.3. The lowest BCUT2D eigenvalue weighted by atomic mass is 9.81. The van der Waals surface area contributed by atoms with Crippen molar-refractivity contribution in [2.75, 3.05) is 9.80 Å². The first kappa shape index (κ1) is 44.8. The zero-order valence-corrected chi connectivity index (χ0v) is 41.4. The molecule has 12 rings (SSSR count). The Morgan fingerprint density at radius 2 is 0.764 bits per heavy atom. The van der Waals surface area contributed by atoms with Gasteiger partial charge in [-0.05, 0) is 166 Å². The quantitative estimate of drug-likeness (QED) is 0.128. The molecule has 350 valence electrons. The number of benzene rings is 9. The molecule has 0 spiro atoms. The zero-order chi connectivity index (χ0) is 48.5. The third-order valence-electron chi connectivity index (χ3n) is 15.0. The summed E-state index contributed by atoms with van der Waals surface area (Å²) in [5.74, 6) is 1.69. The summed E-state index contributed by atoms with van der Waals surface area (Å²) in [6, 6.07) is 84.1. The van der Waals surface area contributed by atoms with E-state index >= 15 is 0 Å². The lowest BCUT2D eigenvalue weighted by Crippen LogP contribution is -2.17. The highest BCUT2D eigenvalue weighted by molar-refractivity contribution is 5.95. The molecule has 3 nitrogen and oxygen atoms in total. The molecule has 72 heavy (non-hydrogen) atoms. The molecule has 1 heterocycles. The SMILES string of the molecule is CC1C=CC(n2c3c(c4ccc(N(c5ccc(-c6ccccc6)cc5)c5ccc(-c6ccc(N(c7ccc(-c8ccccc8)cc7)c7ccc(-c8ccccc8)cc7)cc6)cc5)cc42)CC(C)CC3C)=CC1. The molecular weight excluding hydrogens is 871 g/mol. The summed E-state index contributed by atoms with van der Waals surface area (Å²) < 4.78 is 2.61. The summed E-state index contributed by atoms with van der Waals surface area (Å²) in [7, 11) is 0. The van der Waals surface area contributed by atoms with Gasteiger partial charge in [0, 0.05) is 50.9 Å². The van der Waals surface area contributed by atoms with Gasteiger partial charge in [0.2, 0.25) is 0 Å². The van der Waals surface area contributed by atoms with Gasteiger partial charge in [0.15, 0.2) is 0 Å². The van der Waals surface area contributed by atoms with E-state index in [4.69, 9.17) is 0 Å². The van der Waals surface area contributed by atoms with Crippen molar-refractivity contribution in [3.05, 3.63) is 260 Å². The minimum absolute atomic E-state index is 0.484. The zero-order valence-electron chi connectivity index (χ0n) is 41.4. The molecule has 9 aromatic carbocycles. The number of hydrogen-bond acceptors (Lipinski definition) is 2. The molecule has 0 fully saturated rings. The Hall–Kier alpha value is -8.40. The minimum Gasteiger partial charge on any atom is -0.313 e. The Balaban J connectivity index is 0.906. The molecule has 2 aliphatic rings. The molecule has 1 aromatic heterocycles. The fraction of sp³-hybridized carbons (Fsp3) is 0.130. The molecule has 0 N–H and O–H groups in total. The van der Waals surface area contributed by atoms with Crippen LogP contribution in [0.1, 0.15) is 50.8 Å². The van der Waals surface area contributed by atoms with Crippen molar-refractivity contribution in [1.29, 1.82) is 0 Å². The predicted octanol–water partition coefficient (Wildman–Crippen LogP) is 19.4. The summed E-state index contributed by atoms with van der Waals surface area (Å²) in [4.78, 5) is 4.78. The molecule has 2 aliphatic carbocycles. The van der Waals surface area contributed by atoms with Gasteiger partial charge >= 0.3 is 0 Å². The van der Waals surface area contributed by atoms with Gasteiger partial charge < -0.3 is 14.4 Å². The number of nitrogens with zero attached hydrogens (tertiary/aromatic N) is 3. The van der Waals surface area contributed by atoms with Crippen LogP contribution in [0.5, 0.6) is 0 Å². The first-order valence-corrected chi connectivity index (χ1v) is 25.7. The molecule has 0 saturated carbocycles. The minimum atomic E-state index is 0.484. The van der Waals surface area contributed by atoms with Crippen LogP contribution in [0.2, 0.25) is 0 Å². The largest absolute Gasteiger partial charge is 0.313 e. The monoisotopic (exact) mass is 929 g/mol. The highest BCUT2D eigenvalue weighted by Crippen LogP contribution is 2.46. The molecule has 3 atom stereocenters. The van der Waals surface area contributed by atoms with Crippen LogP contribution in [0.25, 0.3) is 61.1 Å². The van der Waals surface area contributed by atoms with Crippen molar-refractivity contribution >= 4 is 50.7 Å². The van der Waals surface area contributed by atoms with Gasteiger partial charge in [-0.1, -0.05) is 191 Å². The molecule has 3 heteroatoms. The van der Waals surface area contributed by atoms with E-state index < -0.39 is 0 Å². The Labute approximate surface area is 425 Å². The van der Waals surface area contributed by atoms with Crippen LogP contribution in [0.15, 0.2) is 249 Å². The van der Waals surface area contributed by atoms with E-state index in [2.05, 4.69) is 284 Å². The van der Waals surface area contributed by atoms with Crippen molar-refractivity contribution in [2.24, 2.45) is 11.8 Å². The number of rotatable bonds is 11. The Bertz CT molecular complexity index is 3450. The second-order valence-corrected chi connectivity index (χ2v) is 20.1. The van der Waals surface area contributed by atoms with E-state index in [0.29, 0.717) is 17.8 Å². The van der Waals surface area contributed by atoms with Gasteiger partial charge in [0.25, 0.3) is 0 Å². The average Bonchev–Trinajstić information content (AvgIpc) is 3.77. The average molecular weight is 930 g/mol. The van der Waals surface area contributed by atoms with Gasteiger partial charge in [0.05, 0.1) is 5.52 Å². The summed E-state index contributed by atoms with van der Waals surface area (Å²) in [5.41, 5.74) is 21.9. The Morgan fingerprint density at radius 1 is 0.403 bits per heavy atom. The van der Waals surface area contributed by atoms with Crippen molar-refractivity contribution in [2.45, 2.75) is 46.0 Å². The van der Waals surface area contributed by atoms with E-state index in [9.17, 15) is 0 Å². The maximum atomic E-state index is 2.61. The van der Waals surface area contributed by atoms with Crippen LogP contribution in [-0.2, 0) is 6.42 Å². The first-order valence-electron chi connectivity index (χ1n) is 25.7. The fourth-order valence-electron chi connectivity index (χ4n) is 11.3. The molecule has 3 unspecified atom stereocenters. The first-order chi connectivity index (χ1) is 35.4. The van der Waals surface area contributed by atoms with Crippen LogP contribution in [0.3, 0.4) is 0 Å². The highest BCUT2D eigenvalue weighted by Gasteiger charge is 2.30. The standard InChI is InChI=1S/C69H59N3/c1-48-19-31-64(32-20-48)72-68-47-65(43-44-66(68)67-46-49(2)45-50(3)69(67)72)71(62-39-25-56(26-40-62)53-17-11-6-12-18-53)63-41-29-58(30-42-63)57-27-37-61(38-28-57)70(59-33-21-54(22-34-59)51-13-7-4-8-14-51)60-35-23-55(24-36-60)52-15-9-5-10-16-52/h4-19,21-44,47-50H,20,45-46H2,1-3H3. The van der Waals surface area contributed by atoms with E-state index in [1.54, 1.807) is 0 Å². The number of allylic oxidation sites excluding steroid dienone is 4. The topological polar surface area (TPSA) is 11.4 Å². The number of fused-ring (bicyclic) bond motifs is 3. The van der Waals surface area contributed by atoms with E-state index in [0.717, 1.165) is 47.0 Å². The molecular formula is C69H59N3. The van der Waals surface area contributed by atoms with Crippen LogP contribution in [-0.4, -0.2) is 4.57 Å². The third-order valence-corrected chi connectivity index (χ3v) is 15.0. The maximum Gasteiger partial charge on any atom is 0.0555 e. The van der Waals surface area contributed by atoms with E-state index in [1.165, 1.54) is 78.8 Å². The maximum absolute atomic E-state index is 2.61. The number of anilines is 6. The highest BCUT2D eigenvalue weighted by atomic mass is 15.1. The van der Waals surface area contributed by atoms with Crippen LogP contribution < -0.4 is 9.80 Å². The van der Waals surface area contributed by atoms with E-state index in [-0.39, 0.29) is 0 Å². The van der Waals surface area contributed by atoms with E-state index in [1.807, 2.05) is 0 Å². The predicted molar refractivity (Wildman–Crippen MR) is 306 cm³/mol. The van der Waals surface area contributed by atoms with Crippen molar-refractivity contribution in [3.8, 4) is 44.5 Å². The van der Waals surface area contributed by atoms with Gasteiger partial charge in [-0.2, -0.15) is 0 Å². The second kappa shape index (κ2) is 19.4. The van der Waals surface area contributed by atoms with Gasteiger partial charge in [0.1, 0.15) is 0 Å². The number of aromatic nitrogens is 1. The molecule has 0 saturated heterocycles. The summed E-state index contributed by atoms with van der Waals surface area (Å²) in [5, 5.41) is 1.38. The summed E-state index contributed by atoms with van der Waals surface area (Å²) in [6.07, 6.45) is 10.6. The lowest BCUT2D eigenvalue weighted by Gasteiger charge is -2.28. The van der Waals surface area contributed by atoms with Crippen LogP contribution in [0, 0.1) is 11.8 Å². The Kier molecular flexibility index (Phi) is 12.1. The molecule has 0 radical (unpaired) electrons. The third kappa shape index (κ3) is 8.77. The van der Waals surface area contributed by atoms with Gasteiger partial charge in [-0.3, -0.25) is 0 Å². The normalized spacial score (nSPS) is 16.3. The molecule has 0 aliphatic heterocycles.